The molecule has 3 rings (SSSR count). The molecule has 2 heterocycles. The first kappa shape index (κ1) is 17.4. The number of rotatable bonds is 2. The third-order valence-corrected chi connectivity index (χ3v) is 4.39. The van der Waals surface area contributed by atoms with E-state index in [1.165, 1.54) is 10.9 Å². The Balaban J connectivity index is 0.00000192. The Kier molecular flexibility index (Phi) is 5.38. The van der Waals surface area contributed by atoms with Gasteiger partial charge in [-0.05, 0) is 26.0 Å². The van der Waals surface area contributed by atoms with E-state index in [4.69, 9.17) is 0 Å². The molecule has 6 nitrogen and oxygen atoms in total. The number of amides is 1. The number of fused-ring (bicyclic) bond motifs is 1. The van der Waals surface area contributed by atoms with Crippen molar-refractivity contribution < 1.29 is 4.79 Å². The Morgan fingerprint density at radius 2 is 2.09 bits per heavy atom. The first-order chi connectivity index (χ1) is 10.6. The first-order valence-corrected chi connectivity index (χ1v) is 7.55. The van der Waals surface area contributed by atoms with Crippen LogP contribution >= 0.6 is 12.4 Å². The van der Waals surface area contributed by atoms with Gasteiger partial charge in [0.1, 0.15) is 6.54 Å². The van der Waals surface area contributed by atoms with Gasteiger partial charge in [0.25, 0.3) is 5.56 Å². The number of carbonyl (C=O) groups excluding carboxylic acids is 1. The van der Waals surface area contributed by atoms with Crippen molar-refractivity contribution in [3.8, 4) is 0 Å². The summed E-state index contributed by atoms with van der Waals surface area (Å²) < 4.78 is 1.39. The number of para-hydroxylation sites is 1. The van der Waals surface area contributed by atoms with Crippen LogP contribution in [0, 0.1) is 0 Å². The molecule has 0 aliphatic carbocycles. The first-order valence-electron chi connectivity index (χ1n) is 7.55. The van der Waals surface area contributed by atoms with Gasteiger partial charge in [0, 0.05) is 25.2 Å². The molecule has 2 aromatic rings. The number of halogens is 1. The number of carbonyl (C=O) groups is 1. The summed E-state index contributed by atoms with van der Waals surface area (Å²) in [6.45, 7) is 5.57. The summed E-state index contributed by atoms with van der Waals surface area (Å²) in [6, 6.07) is 7.55. The second-order valence-electron chi connectivity index (χ2n) is 5.77. The number of hydrogen-bond donors (Lipinski definition) is 1. The summed E-state index contributed by atoms with van der Waals surface area (Å²) in [5.41, 5.74) is 0.482. The maximum atomic E-state index is 12.5. The fourth-order valence-corrected chi connectivity index (χ4v) is 2.86. The molecule has 1 fully saturated rings. The van der Waals surface area contributed by atoms with Crippen molar-refractivity contribution >= 4 is 29.2 Å². The van der Waals surface area contributed by atoms with Gasteiger partial charge in [-0.25, -0.2) is 4.98 Å². The summed E-state index contributed by atoms with van der Waals surface area (Å²) in [7, 11) is 0. The molecule has 1 saturated heterocycles. The minimum atomic E-state index is -0.171. The van der Waals surface area contributed by atoms with Gasteiger partial charge in [-0.3, -0.25) is 14.2 Å². The van der Waals surface area contributed by atoms with E-state index in [9.17, 15) is 9.59 Å². The van der Waals surface area contributed by atoms with Crippen molar-refractivity contribution in [2.45, 2.75) is 32.5 Å². The zero-order valence-electron chi connectivity index (χ0n) is 13.2. The highest BCUT2D eigenvalue weighted by Gasteiger charge is 2.28. The maximum absolute atomic E-state index is 12.5. The molecule has 2 unspecified atom stereocenters. The van der Waals surface area contributed by atoms with Crippen LogP contribution in [0.1, 0.15) is 13.8 Å². The predicted octanol–water partition coefficient (Wildman–Crippen LogP) is 1.03. The zero-order chi connectivity index (χ0) is 15.7. The summed E-state index contributed by atoms with van der Waals surface area (Å²) in [4.78, 5) is 31.0. The van der Waals surface area contributed by atoms with Crippen LogP contribution in [0.15, 0.2) is 35.4 Å². The summed E-state index contributed by atoms with van der Waals surface area (Å²) in [6.07, 6.45) is 1.46. The van der Waals surface area contributed by atoms with Gasteiger partial charge >= 0.3 is 0 Å². The normalized spacial score (nSPS) is 21.0. The highest BCUT2D eigenvalue weighted by Crippen LogP contribution is 2.10. The summed E-state index contributed by atoms with van der Waals surface area (Å²) >= 11 is 0. The van der Waals surface area contributed by atoms with Crippen molar-refractivity contribution in [2.24, 2.45) is 0 Å². The molecule has 23 heavy (non-hydrogen) atoms. The van der Waals surface area contributed by atoms with E-state index in [1.54, 1.807) is 18.2 Å². The third-order valence-electron chi connectivity index (χ3n) is 4.39. The molecule has 124 valence electrons. The molecule has 7 heteroatoms. The Morgan fingerprint density at radius 3 is 2.87 bits per heavy atom. The number of benzene rings is 1. The van der Waals surface area contributed by atoms with Gasteiger partial charge in [-0.2, -0.15) is 0 Å². The number of nitrogens with one attached hydrogen (secondary N) is 1. The average Bonchev–Trinajstić information content (AvgIpc) is 2.53. The molecule has 2 atom stereocenters. The van der Waals surface area contributed by atoms with Crippen LogP contribution in [0.2, 0.25) is 0 Å². The van der Waals surface area contributed by atoms with Gasteiger partial charge in [0.15, 0.2) is 0 Å². The second-order valence-corrected chi connectivity index (χ2v) is 5.77. The minimum Gasteiger partial charge on any atom is -0.336 e. The highest BCUT2D eigenvalue weighted by molar-refractivity contribution is 5.85. The van der Waals surface area contributed by atoms with Crippen LogP contribution in [0.3, 0.4) is 0 Å². The number of piperazine rings is 1. The van der Waals surface area contributed by atoms with Crippen LogP contribution in [0.5, 0.6) is 0 Å². The molecule has 0 radical (unpaired) electrons. The lowest BCUT2D eigenvalue weighted by Crippen LogP contribution is -2.58. The van der Waals surface area contributed by atoms with E-state index in [0.29, 0.717) is 17.4 Å². The van der Waals surface area contributed by atoms with E-state index in [2.05, 4.69) is 17.2 Å². The zero-order valence-corrected chi connectivity index (χ0v) is 14.0. The van der Waals surface area contributed by atoms with Gasteiger partial charge in [-0.1, -0.05) is 12.1 Å². The number of nitrogens with zero attached hydrogens (tertiary/aromatic N) is 3. The third kappa shape index (κ3) is 3.38. The van der Waals surface area contributed by atoms with Gasteiger partial charge in [-0.15, -0.1) is 12.4 Å². The average molecular weight is 337 g/mol. The minimum absolute atomic E-state index is 0. The van der Waals surface area contributed by atoms with Gasteiger partial charge in [0.05, 0.1) is 17.2 Å². The van der Waals surface area contributed by atoms with Crippen molar-refractivity contribution in [3.63, 3.8) is 0 Å². The Hall–Kier alpha value is -1.92. The number of aromatic nitrogens is 2. The highest BCUT2D eigenvalue weighted by atomic mass is 35.5. The Bertz CT molecular complexity index is 761. The fraction of sp³-hybridized carbons (Fsp3) is 0.438. The SMILES string of the molecule is CC1NCCN(C(=O)Cn2cnc3ccccc3c2=O)C1C.Cl. The quantitative estimate of drug-likeness (QED) is 0.889. The van der Waals surface area contributed by atoms with E-state index in [0.717, 1.165) is 6.54 Å². The monoisotopic (exact) mass is 336 g/mol. The van der Waals surface area contributed by atoms with E-state index in [1.807, 2.05) is 17.9 Å². The molecule has 1 aliphatic heterocycles. The topological polar surface area (TPSA) is 67.2 Å². The molecule has 1 N–H and O–H groups in total. The Morgan fingerprint density at radius 1 is 1.35 bits per heavy atom. The van der Waals surface area contributed by atoms with E-state index in [-0.39, 0.29) is 42.5 Å². The van der Waals surface area contributed by atoms with Crippen molar-refractivity contribution in [3.05, 3.63) is 40.9 Å². The van der Waals surface area contributed by atoms with E-state index < -0.39 is 0 Å². The second kappa shape index (κ2) is 7.10. The number of hydrogen-bond acceptors (Lipinski definition) is 4. The van der Waals surface area contributed by atoms with Crippen LogP contribution in [-0.4, -0.2) is 45.5 Å². The molecule has 1 aliphatic rings. The molecule has 0 bridgehead atoms. The van der Waals surface area contributed by atoms with Crippen molar-refractivity contribution in [1.29, 1.82) is 0 Å². The lowest BCUT2D eigenvalue weighted by molar-refractivity contribution is -0.135. The molecular formula is C16H21ClN4O2. The van der Waals surface area contributed by atoms with E-state index >= 15 is 0 Å². The van der Waals surface area contributed by atoms with Crippen molar-refractivity contribution in [1.82, 2.24) is 19.8 Å². The van der Waals surface area contributed by atoms with Crippen LogP contribution in [-0.2, 0) is 11.3 Å². The molecule has 1 aromatic heterocycles. The lowest BCUT2D eigenvalue weighted by atomic mass is 10.1. The molecule has 1 aromatic carbocycles. The van der Waals surface area contributed by atoms with Crippen LogP contribution in [0.4, 0.5) is 0 Å². The molecule has 1 amide bonds. The Labute approximate surface area is 140 Å². The van der Waals surface area contributed by atoms with Crippen LogP contribution in [0.25, 0.3) is 10.9 Å². The lowest BCUT2D eigenvalue weighted by Gasteiger charge is -2.38. The predicted molar refractivity (Wildman–Crippen MR) is 91.9 cm³/mol. The van der Waals surface area contributed by atoms with Gasteiger partial charge in [0.2, 0.25) is 5.91 Å². The molecular weight excluding hydrogens is 316 g/mol. The largest absolute Gasteiger partial charge is 0.336 e. The van der Waals surface area contributed by atoms with Gasteiger partial charge < -0.3 is 10.2 Å². The molecule has 0 spiro atoms. The summed E-state index contributed by atoms with van der Waals surface area (Å²) in [5.74, 6) is -0.0416. The fourth-order valence-electron chi connectivity index (χ4n) is 2.86. The smallest absolute Gasteiger partial charge is 0.261 e. The maximum Gasteiger partial charge on any atom is 0.261 e. The van der Waals surface area contributed by atoms with Crippen LogP contribution < -0.4 is 10.9 Å². The van der Waals surface area contributed by atoms with Crippen molar-refractivity contribution in [2.75, 3.05) is 13.1 Å². The summed E-state index contributed by atoms with van der Waals surface area (Å²) in [5, 5.41) is 3.88. The molecule has 0 saturated carbocycles. The standard InChI is InChI=1S/C16H20N4O2.ClH/c1-11-12(2)20(8-7-17-11)15(21)9-19-10-18-14-6-4-3-5-13(14)16(19)22;/h3-6,10-12,17H,7-9H2,1-2H3;1H.